The highest BCUT2D eigenvalue weighted by atomic mass is 16.5. The maximum absolute atomic E-state index is 11.5. The third kappa shape index (κ3) is 3.45. The van der Waals surface area contributed by atoms with E-state index in [1.165, 1.54) is 0 Å². The minimum atomic E-state index is -0.101. The maximum Gasteiger partial charge on any atom is 0.225 e. The van der Waals surface area contributed by atoms with Crippen LogP contribution in [-0.4, -0.2) is 31.8 Å². The summed E-state index contributed by atoms with van der Waals surface area (Å²) in [6.07, 6.45) is 1.25. The molecule has 0 saturated carbocycles. The van der Waals surface area contributed by atoms with Crippen LogP contribution in [0.4, 0.5) is 5.69 Å². The number of nitrogens with one attached hydrogen (secondary N) is 1. The van der Waals surface area contributed by atoms with Crippen molar-refractivity contribution < 1.29 is 14.3 Å². The molecule has 1 atom stereocenters. The molecule has 0 radical (unpaired) electrons. The summed E-state index contributed by atoms with van der Waals surface area (Å²) in [6, 6.07) is 7.40. The van der Waals surface area contributed by atoms with Gasteiger partial charge in [0.25, 0.3) is 0 Å². The third-order valence-corrected chi connectivity index (χ3v) is 2.71. The van der Waals surface area contributed by atoms with E-state index in [0.717, 1.165) is 13.0 Å². The van der Waals surface area contributed by atoms with Crippen molar-refractivity contribution >= 4 is 11.6 Å². The van der Waals surface area contributed by atoms with E-state index in [0.29, 0.717) is 31.0 Å². The summed E-state index contributed by atoms with van der Waals surface area (Å²) >= 11 is 0. The molecule has 1 heterocycles. The Morgan fingerprint density at radius 2 is 2.33 bits per heavy atom. The van der Waals surface area contributed by atoms with E-state index in [4.69, 9.17) is 15.2 Å². The number of para-hydroxylation sites is 2. The lowest BCUT2D eigenvalue weighted by atomic mass is 10.2. The lowest BCUT2D eigenvalue weighted by molar-refractivity contribution is -0.116. The Balaban J connectivity index is 2.02. The molecule has 18 heavy (non-hydrogen) atoms. The van der Waals surface area contributed by atoms with E-state index >= 15 is 0 Å². The molecule has 1 aliphatic rings. The zero-order chi connectivity index (χ0) is 12.8. The van der Waals surface area contributed by atoms with Crippen molar-refractivity contribution in [1.29, 1.82) is 0 Å². The largest absolute Gasteiger partial charge is 0.486 e. The van der Waals surface area contributed by atoms with Gasteiger partial charge >= 0.3 is 0 Å². The van der Waals surface area contributed by atoms with E-state index in [1.807, 2.05) is 24.3 Å². The number of hydrogen-bond donors (Lipinski definition) is 2. The van der Waals surface area contributed by atoms with Gasteiger partial charge in [-0.3, -0.25) is 4.79 Å². The van der Waals surface area contributed by atoms with Crippen molar-refractivity contribution in [3.63, 3.8) is 0 Å². The van der Waals surface area contributed by atoms with Crippen molar-refractivity contribution in [1.82, 2.24) is 0 Å². The maximum atomic E-state index is 11.5. The number of nitrogens with two attached hydrogens (primary N) is 1. The van der Waals surface area contributed by atoms with Crippen LogP contribution in [0.2, 0.25) is 0 Å². The van der Waals surface area contributed by atoms with Crippen LogP contribution in [-0.2, 0) is 9.53 Å². The van der Waals surface area contributed by atoms with Gasteiger partial charge in [-0.15, -0.1) is 0 Å². The van der Waals surface area contributed by atoms with Crippen LogP contribution in [0.5, 0.6) is 5.75 Å². The number of amides is 1. The summed E-state index contributed by atoms with van der Waals surface area (Å²) in [4.78, 5) is 11.5. The Hall–Kier alpha value is -1.59. The molecule has 98 valence electrons. The number of ether oxygens (including phenoxy) is 2. The molecule has 0 aliphatic carbocycles. The summed E-state index contributed by atoms with van der Waals surface area (Å²) in [5, 5.41) is 2.80. The molecule has 1 aromatic rings. The van der Waals surface area contributed by atoms with Crippen molar-refractivity contribution in [2.45, 2.75) is 18.9 Å². The van der Waals surface area contributed by atoms with Crippen LogP contribution in [0, 0.1) is 0 Å². The van der Waals surface area contributed by atoms with Crippen molar-refractivity contribution in [2.75, 3.05) is 25.1 Å². The molecule has 0 aromatic heterocycles. The van der Waals surface area contributed by atoms with E-state index in [-0.39, 0.29) is 12.0 Å². The monoisotopic (exact) mass is 250 g/mol. The lowest BCUT2D eigenvalue weighted by Crippen LogP contribution is -2.19. The fraction of sp³-hybridized carbons (Fsp3) is 0.462. The van der Waals surface area contributed by atoms with Crippen LogP contribution in [0.1, 0.15) is 12.8 Å². The number of benzene rings is 1. The molecule has 0 spiro atoms. The van der Waals surface area contributed by atoms with Gasteiger partial charge in [-0.25, -0.2) is 0 Å². The standard InChI is InChI=1S/C13H18N2O3/c14-7-5-13(16)15-11-3-1-2-4-12(11)18-10-6-8-17-9-10/h1-4,10H,5-9,14H2,(H,15,16). The molecule has 2 rings (SSSR count). The van der Waals surface area contributed by atoms with Gasteiger partial charge in [0.05, 0.1) is 18.9 Å². The molecule has 1 fully saturated rings. The first-order chi connectivity index (χ1) is 8.79. The van der Waals surface area contributed by atoms with E-state index in [1.54, 1.807) is 0 Å². The second-order valence-corrected chi connectivity index (χ2v) is 4.19. The highest BCUT2D eigenvalue weighted by molar-refractivity contribution is 5.92. The van der Waals surface area contributed by atoms with Gasteiger partial charge in [-0.05, 0) is 12.1 Å². The molecule has 1 saturated heterocycles. The second kappa shape index (κ2) is 6.37. The Bertz CT molecular complexity index is 403. The molecule has 1 aliphatic heterocycles. The molecule has 0 bridgehead atoms. The summed E-state index contributed by atoms with van der Waals surface area (Å²) < 4.78 is 11.1. The number of anilines is 1. The third-order valence-electron chi connectivity index (χ3n) is 2.71. The zero-order valence-electron chi connectivity index (χ0n) is 10.2. The van der Waals surface area contributed by atoms with Crippen LogP contribution >= 0.6 is 0 Å². The summed E-state index contributed by atoms with van der Waals surface area (Å²) in [6.45, 7) is 1.67. The van der Waals surface area contributed by atoms with Crippen LogP contribution < -0.4 is 15.8 Å². The van der Waals surface area contributed by atoms with Crippen LogP contribution in [0.3, 0.4) is 0 Å². The second-order valence-electron chi connectivity index (χ2n) is 4.19. The van der Waals surface area contributed by atoms with Gasteiger partial charge in [-0.1, -0.05) is 12.1 Å². The zero-order valence-corrected chi connectivity index (χ0v) is 10.2. The normalized spacial score (nSPS) is 18.6. The molecular formula is C13H18N2O3. The molecule has 5 nitrogen and oxygen atoms in total. The van der Waals surface area contributed by atoms with E-state index < -0.39 is 0 Å². The van der Waals surface area contributed by atoms with Gasteiger partial charge in [0.1, 0.15) is 11.9 Å². The predicted molar refractivity (Wildman–Crippen MR) is 68.6 cm³/mol. The molecule has 1 amide bonds. The number of rotatable bonds is 5. The average Bonchev–Trinajstić information content (AvgIpc) is 2.85. The smallest absolute Gasteiger partial charge is 0.225 e. The first-order valence-corrected chi connectivity index (χ1v) is 6.13. The lowest BCUT2D eigenvalue weighted by Gasteiger charge is -2.15. The van der Waals surface area contributed by atoms with Crippen molar-refractivity contribution in [2.24, 2.45) is 5.73 Å². The molecule has 5 heteroatoms. The van der Waals surface area contributed by atoms with Gasteiger partial charge in [0, 0.05) is 19.4 Å². The highest BCUT2D eigenvalue weighted by Gasteiger charge is 2.18. The molecule has 3 N–H and O–H groups in total. The number of carbonyl (C=O) groups excluding carboxylic acids is 1. The summed E-state index contributed by atoms with van der Waals surface area (Å²) in [5.74, 6) is 0.578. The van der Waals surface area contributed by atoms with Gasteiger partial charge in [0.15, 0.2) is 0 Å². The van der Waals surface area contributed by atoms with Crippen molar-refractivity contribution in [3.05, 3.63) is 24.3 Å². The summed E-state index contributed by atoms with van der Waals surface area (Å²) in [7, 11) is 0. The molecule has 1 unspecified atom stereocenters. The quantitative estimate of drug-likeness (QED) is 0.822. The first-order valence-electron chi connectivity index (χ1n) is 6.13. The fourth-order valence-electron chi connectivity index (χ4n) is 1.80. The van der Waals surface area contributed by atoms with E-state index in [2.05, 4.69) is 5.32 Å². The van der Waals surface area contributed by atoms with Gasteiger partial charge < -0.3 is 20.5 Å². The Morgan fingerprint density at radius 3 is 3.06 bits per heavy atom. The SMILES string of the molecule is NCCC(=O)Nc1ccccc1OC1CCOC1. The fourth-order valence-corrected chi connectivity index (χ4v) is 1.80. The molecule has 1 aromatic carbocycles. The number of carbonyl (C=O) groups is 1. The first kappa shape index (κ1) is 12.9. The minimum absolute atomic E-state index is 0.0672. The van der Waals surface area contributed by atoms with Crippen LogP contribution in [0.15, 0.2) is 24.3 Å². The van der Waals surface area contributed by atoms with Crippen LogP contribution in [0.25, 0.3) is 0 Å². The summed E-state index contributed by atoms with van der Waals surface area (Å²) in [5.41, 5.74) is 6.03. The Morgan fingerprint density at radius 1 is 1.50 bits per heavy atom. The van der Waals surface area contributed by atoms with Gasteiger partial charge in [0.2, 0.25) is 5.91 Å². The van der Waals surface area contributed by atoms with Crippen molar-refractivity contribution in [3.8, 4) is 5.75 Å². The Labute approximate surface area is 106 Å². The Kier molecular flexibility index (Phi) is 4.55. The van der Waals surface area contributed by atoms with Gasteiger partial charge in [-0.2, -0.15) is 0 Å². The predicted octanol–water partition coefficient (Wildman–Crippen LogP) is 1.14. The minimum Gasteiger partial charge on any atom is -0.486 e. The van der Waals surface area contributed by atoms with E-state index in [9.17, 15) is 4.79 Å². The number of hydrogen-bond acceptors (Lipinski definition) is 4. The average molecular weight is 250 g/mol. The molecular weight excluding hydrogens is 232 g/mol. The highest BCUT2D eigenvalue weighted by Crippen LogP contribution is 2.26. The topological polar surface area (TPSA) is 73.6 Å².